The Morgan fingerprint density at radius 1 is 1.19 bits per heavy atom. The van der Waals surface area contributed by atoms with Gasteiger partial charge in [0, 0.05) is 26.5 Å². The zero-order valence-electron chi connectivity index (χ0n) is 11.2. The van der Waals surface area contributed by atoms with Gasteiger partial charge in [0.05, 0.1) is 5.69 Å². The van der Waals surface area contributed by atoms with Gasteiger partial charge >= 0.3 is 0 Å². The number of aromatic hydroxyl groups is 2. The van der Waals surface area contributed by atoms with E-state index in [2.05, 4.69) is 21.8 Å². The number of aromatic nitrogens is 1. The molecule has 0 saturated carbocycles. The minimum atomic E-state index is -0.0898. The Hall–Kier alpha value is -1.50. The summed E-state index contributed by atoms with van der Waals surface area (Å²) in [6, 6.07) is 6.97. The maximum absolute atomic E-state index is 9.51. The molecule has 0 atom stereocenters. The Bertz CT molecular complexity index is 750. The maximum Gasteiger partial charge on any atom is 0.158 e. The van der Waals surface area contributed by atoms with E-state index in [1.165, 1.54) is 16.5 Å². The number of thiazole rings is 1. The van der Waals surface area contributed by atoms with Gasteiger partial charge in [-0.3, -0.25) is 0 Å². The number of nitrogens with zero attached hydrogens (tertiary/aromatic N) is 1. The molecule has 0 spiro atoms. The molecule has 2 heterocycles. The molecule has 0 saturated heterocycles. The molecule has 0 unspecified atom stereocenters. The van der Waals surface area contributed by atoms with Crippen LogP contribution in [0.1, 0.15) is 10.6 Å². The van der Waals surface area contributed by atoms with Crippen molar-refractivity contribution in [1.82, 2.24) is 4.98 Å². The molecular formula is C15H13NO2S3. The molecule has 0 aliphatic carbocycles. The van der Waals surface area contributed by atoms with Crippen LogP contribution in [0.25, 0.3) is 10.6 Å². The van der Waals surface area contributed by atoms with Gasteiger partial charge in [-0.25, -0.2) is 4.98 Å². The minimum Gasteiger partial charge on any atom is -0.504 e. The molecule has 0 radical (unpaired) electrons. The number of phenols is 2. The van der Waals surface area contributed by atoms with E-state index in [-0.39, 0.29) is 11.5 Å². The van der Waals surface area contributed by atoms with E-state index in [0.717, 1.165) is 21.3 Å². The van der Waals surface area contributed by atoms with Crippen LogP contribution in [-0.2, 0) is 5.75 Å². The quantitative estimate of drug-likeness (QED) is 0.527. The van der Waals surface area contributed by atoms with E-state index in [9.17, 15) is 10.2 Å². The number of thioether (sulfide) groups is 1. The van der Waals surface area contributed by atoms with Gasteiger partial charge in [0.25, 0.3) is 0 Å². The van der Waals surface area contributed by atoms with Gasteiger partial charge in [-0.15, -0.1) is 23.1 Å². The van der Waals surface area contributed by atoms with Crippen LogP contribution in [0.3, 0.4) is 0 Å². The molecule has 1 aromatic carbocycles. The molecular weight excluding hydrogens is 322 g/mol. The van der Waals surface area contributed by atoms with Crippen LogP contribution in [0.4, 0.5) is 0 Å². The standard InChI is InChI=1S/C15H13NO2S3/c1-9-14(21-15(16-9)10-4-5-19-7-10)8-20-11-2-3-12(17)13(18)6-11/h2-7,17-18H,8H2,1H3. The van der Waals surface area contributed by atoms with Crippen molar-refractivity contribution in [2.24, 2.45) is 0 Å². The van der Waals surface area contributed by atoms with Crippen molar-refractivity contribution in [3.63, 3.8) is 0 Å². The van der Waals surface area contributed by atoms with Crippen molar-refractivity contribution in [2.45, 2.75) is 17.6 Å². The van der Waals surface area contributed by atoms with Crippen molar-refractivity contribution in [3.8, 4) is 22.1 Å². The molecule has 2 N–H and O–H groups in total. The molecule has 3 rings (SSSR count). The fraction of sp³-hybridized carbons (Fsp3) is 0.133. The minimum absolute atomic E-state index is 0.0833. The second kappa shape index (κ2) is 6.09. The molecule has 0 amide bonds. The van der Waals surface area contributed by atoms with Crippen molar-refractivity contribution in [3.05, 3.63) is 45.6 Å². The fourth-order valence-electron chi connectivity index (χ4n) is 1.81. The second-order valence-electron chi connectivity index (χ2n) is 4.48. The van der Waals surface area contributed by atoms with Crippen LogP contribution >= 0.6 is 34.4 Å². The summed E-state index contributed by atoms with van der Waals surface area (Å²) in [4.78, 5) is 6.78. The molecule has 2 aromatic heterocycles. The van der Waals surface area contributed by atoms with E-state index in [1.807, 2.05) is 6.92 Å². The largest absolute Gasteiger partial charge is 0.504 e. The van der Waals surface area contributed by atoms with Gasteiger partial charge in [0.2, 0.25) is 0 Å². The maximum atomic E-state index is 9.51. The molecule has 0 bridgehead atoms. The first kappa shape index (κ1) is 14.4. The molecule has 0 aliphatic heterocycles. The highest BCUT2D eigenvalue weighted by Crippen LogP contribution is 2.35. The average Bonchev–Trinajstić information content (AvgIpc) is 3.10. The lowest BCUT2D eigenvalue weighted by Gasteiger charge is -2.02. The van der Waals surface area contributed by atoms with Crippen molar-refractivity contribution < 1.29 is 10.2 Å². The zero-order valence-corrected chi connectivity index (χ0v) is 13.7. The summed E-state index contributed by atoms with van der Waals surface area (Å²) in [7, 11) is 0. The Morgan fingerprint density at radius 2 is 2.05 bits per heavy atom. The lowest BCUT2D eigenvalue weighted by Crippen LogP contribution is -1.80. The Balaban J connectivity index is 1.74. The average molecular weight is 335 g/mol. The normalized spacial score (nSPS) is 10.9. The third-order valence-corrected chi connectivity index (χ3v) is 6.07. The van der Waals surface area contributed by atoms with Crippen LogP contribution in [0, 0.1) is 6.92 Å². The third kappa shape index (κ3) is 3.23. The highest BCUT2D eigenvalue weighted by atomic mass is 32.2. The number of hydrogen-bond acceptors (Lipinski definition) is 6. The first-order valence-electron chi connectivity index (χ1n) is 6.27. The predicted octanol–water partition coefficient (Wildman–Crippen LogP) is 4.88. The molecule has 3 nitrogen and oxygen atoms in total. The second-order valence-corrected chi connectivity index (χ2v) is 7.39. The van der Waals surface area contributed by atoms with Gasteiger partial charge in [-0.2, -0.15) is 11.3 Å². The topological polar surface area (TPSA) is 53.4 Å². The summed E-state index contributed by atoms with van der Waals surface area (Å²) < 4.78 is 0. The number of aryl methyl sites for hydroxylation is 1. The monoisotopic (exact) mass is 335 g/mol. The highest BCUT2D eigenvalue weighted by molar-refractivity contribution is 7.98. The van der Waals surface area contributed by atoms with Crippen LogP contribution in [0.15, 0.2) is 39.9 Å². The van der Waals surface area contributed by atoms with Crippen LogP contribution in [-0.4, -0.2) is 15.2 Å². The van der Waals surface area contributed by atoms with Crippen LogP contribution in [0.2, 0.25) is 0 Å². The SMILES string of the molecule is Cc1nc(-c2ccsc2)sc1CSc1ccc(O)c(O)c1. The van der Waals surface area contributed by atoms with Crippen molar-refractivity contribution in [2.75, 3.05) is 0 Å². The van der Waals surface area contributed by atoms with Gasteiger partial charge in [0.1, 0.15) is 5.01 Å². The number of phenolic OH excluding ortho intramolecular Hbond substituents is 2. The van der Waals surface area contributed by atoms with Gasteiger partial charge in [-0.1, -0.05) is 0 Å². The lowest BCUT2D eigenvalue weighted by molar-refractivity contribution is 0.402. The summed E-state index contributed by atoms with van der Waals surface area (Å²) in [5.41, 5.74) is 2.23. The lowest BCUT2D eigenvalue weighted by atomic mass is 10.3. The van der Waals surface area contributed by atoms with E-state index >= 15 is 0 Å². The van der Waals surface area contributed by atoms with E-state index < -0.39 is 0 Å². The molecule has 108 valence electrons. The highest BCUT2D eigenvalue weighted by Gasteiger charge is 2.10. The first-order chi connectivity index (χ1) is 10.1. The number of rotatable bonds is 4. The zero-order chi connectivity index (χ0) is 14.8. The third-order valence-electron chi connectivity index (χ3n) is 2.98. The van der Waals surface area contributed by atoms with E-state index in [1.54, 1.807) is 46.6 Å². The molecule has 0 fully saturated rings. The Labute approximate surface area is 134 Å². The summed E-state index contributed by atoms with van der Waals surface area (Å²) in [5.74, 6) is 0.630. The van der Waals surface area contributed by atoms with Gasteiger partial charge in [-0.05, 0) is 36.6 Å². The number of thiophene rings is 1. The Morgan fingerprint density at radius 3 is 2.76 bits per heavy atom. The van der Waals surface area contributed by atoms with Crippen LogP contribution < -0.4 is 0 Å². The van der Waals surface area contributed by atoms with Crippen molar-refractivity contribution >= 4 is 34.4 Å². The molecule has 21 heavy (non-hydrogen) atoms. The first-order valence-corrected chi connectivity index (χ1v) is 9.01. The predicted molar refractivity (Wildman–Crippen MR) is 89.5 cm³/mol. The summed E-state index contributed by atoms with van der Waals surface area (Å²) >= 11 is 5.00. The summed E-state index contributed by atoms with van der Waals surface area (Å²) in [5, 5.41) is 24.0. The van der Waals surface area contributed by atoms with E-state index in [0.29, 0.717) is 0 Å². The van der Waals surface area contributed by atoms with Gasteiger partial charge in [0.15, 0.2) is 11.5 Å². The summed E-state index contributed by atoms with van der Waals surface area (Å²) in [6.45, 7) is 2.02. The van der Waals surface area contributed by atoms with Crippen LogP contribution in [0.5, 0.6) is 11.5 Å². The number of benzene rings is 1. The molecule has 6 heteroatoms. The summed E-state index contributed by atoms with van der Waals surface area (Å²) in [6.07, 6.45) is 0. The van der Waals surface area contributed by atoms with E-state index in [4.69, 9.17) is 0 Å². The smallest absolute Gasteiger partial charge is 0.158 e. The molecule has 3 aromatic rings. The van der Waals surface area contributed by atoms with Gasteiger partial charge < -0.3 is 10.2 Å². The fourth-order valence-corrected chi connectivity index (χ4v) is 4.66. The number of hydrogen-bond donors (Lipinski definition) is 2. The molecule has 0 aliphatic rings. The van der Waals surface area contributed by atoms with Crippen molar-refractivity contribution in [1.29, 1.82) is 0 Å². The Kier molecular flexibility index (Phi) is 4.19.